The molecule has 0 bridgehead atoms. The molecule has 0 rings (SSSR count). The number of hydrogen-bond donors (Lipinski definition) is 0. The molecule has 0 heterocycles. The lowest BCUT2D eigenvalue weighted by Gasteiger charge is -2.23. The third-order valence-electron chi connectivity index (χ3n) is 4.00. The van der Waals surface area contributed by atoms with Gasteiger partial charge in [-0.15, -0.1) is 23.2 Å². The van der Waals surface area contributed by atoms with Crippen LogP contribution in [0, 0.1) is 0 Å². The molecule has 0 nitrogen and oxygen atoms in total. The van der Waals surface area contributed by atoms with Crippen molar-refractivity contribution in [2.24, 2.45) is 0 Å². The van der Waals surface area contributed by atoms with E-state index in [1.807, 2.05) is 27.7 Å². The van der Waals surface area contributed by atoms with Crippen molar-refractivity contribution in [2.75, 3.05) is 21.3 Å². The van der Waals surface area contributed by atoms with Crippen LogP contribution >= 0.6 is 119 Å². The summed E-state index contributed by atoms with van der Waals surface area (Å²) in [5.41, 5.74) is 2.85. The second kappa shape index (κ2) is 18.4. The second-order valence-corrected chi connectivity index (χ2v) is 14.0. The summed E-state index contributed by atoms with van der Waals surface area (Å²) >= 11 is 33.4. The van der Waals surface area contributed by atoms with Gasteiger partial charge in [-0.05, 0) is 53.4 Å². The fraction of sp³-hybridized carbons (Fsp3) is 0.800. The van der Waals surface area contributed by atoms with Crippen LogP contribution in [-0.4, -0.2) is 40.7 Å². The quantitative estimate of drug-likeness (QED) is 0.136. The van der Waals surface area contributed by atoms with E-state index in [1.165, 1.54) is 11.1 Å². The van der Waals surface area contributed by atoms with Gasteiger partial charge in [0.2, 0.25) is 0 Å². The van der Waals surface area contributed by atoms with E-state index >= 15 is 0 Å². The Morgan fingerprint density at radius 2 is 1.00 bits per heavy atom. The second-order valence-electron chi connectivity index (χ2n) is 7.44. The molecule has 0 spiro atoms. The highest BCUT2D eigenvalue weighted by Crippen LogP contribution is 2.30. The first kappa shape index (κ1) is 33.1. The summed E-state index contributed by atoms with van der Waals surface area (Å²) in [5, 5.41) is 3.73. The summed E-state index contributed by atoms with van der Waals surface area (Å²) in [5.74, 6) is 0. The zero-order valence-electron chi connectivity index (χ0n) is 17.0. The molecule has 0 aliphatic heterocycles. The zero-order chi connectivity index (χ0) is 22.4. The first-order chi connectivity index (χ1) is 12.8. The van der Waals surface area contributed by atoms with Crippen LogP contribution in [0.15, 0.2) is 23.3 Å². The van der Waals surface area contributed by atoms with Crippen molar-refractivity contribution < 1.29 is 0 Å². The third-order valence-corrected chi connectivity index (χ3v) is 10.3. The number of halogens is 8. The summed E-state index contributed by atoms with van der Waals surface area (Å²) in [4.78, 5) is 0.362. The Morgan fingerprint density at radius 1 is 0.714 bits per heavy atom. The highest BCUT2D eigenvalue weighted by molar-refractivity contribution is 9.10. The van der Waals surface area contributed by atoms with Crippen LogP contribution in [0.25, 0.3) is 0 Å². The molecule has 2 atom stereocenters. The molecular formula is C20H32Br6Cl2. The monoisotopic (exact) mass is 816 g/mol. The Kier molecular flexibility index (Phi) is 21.7. The lowest BCUT2D eigenvalue weighted by atomic mass is 10.0. The van der Waals surface area contributed by atoms with Crippen molar-refractivity contribution in [1.29, 1.82) is 0 Å². The van der Waals surface area contributed by atoms with Crippen LogP contribution in [0.5, 0.6) is 0 Å². The zero-order valence-corrected chi connectivity index (χ0v) is 28.0. The minimum absolute atomic E-state index is 0.175. The summed E-state index contributed by atoms with van der Waals surface area (Å²) in [6.45, 7) is 8.15. The molecule has 2 unspecified atom stereocenters. The fourth-order valence-electron chi connectivity index (χ4n) is 1.98. The van der Waals surface area contributed by atoms with Crippen molar-refractivity contribution in [2.45, 2.75) is 72.8 Å². The standard InChI is InChI=1S/2C10H16Br3Cl/c2*1-10(2,14)9(13)4-3-8(7-12)5-6-11/h2*5,9H,3-4,6-7H2,1-2H3/b2*8-5-. The first-order valence-electron chi connectivity index (χ1n) is 9.09. The molecule has 0 N–H and O–H groups in total. The fourth-order valence-corrected chi connectivity index (χ4v) is 4.59. The molecule has 0 aliphatic carbocycles. The minimum atomic E-state index is -0.175. The maximum atomic E-state index is 6.20. The normalized spacial score (nSPS) is 15.7. The highest BCUT2D eigenvalue weighted by atomic mass is 79.9. The molecule has 0 amide bonds. The largest absolute Gasteiger partial charge is 0.119 e. The molecule has 0 saturated heterocycles. The minimum Gasteiger partial charge on any atom is -0.119 e. The van der Waals surface area contributed by atoms with Gasteiger partial charge in [0.05, 0.1) is 9.75 Å². The van der Waals surface area contributed by atoms with Crippen LogP contribution < -0.4 is 0 Å². The van der Waals surface area contributed by atoms with Crippen LogP contribution in [0.3, 0.4) is 0 Å². The van der Waals surface area contributed by atoms with Gasteiger partial charge in [-0.1, -0.05) is 119 Å². The highest BCUT2D eigenvalue weighted by Gasteiger charge is 2.24. The van der Waals surface area contributed by atoms with Crippen molar-refractivity contribution in [3.8, 4) is 0 Å². The van der Waals surface area contributed by atoms with Gasteiger partial charge in [0.1, 0.15) is 0 Å². The average Bonchev–Trinajstić information content (AvgIpc) is 2.60. The van der Waals surface area contributed by atoms with Gasteiger partial charge >= 0.3 is 0 Å². The number of hydrogen-bond acceptors (Lipinski definition) is 0. The van der Waals surface area contributed by atoms with E-state index in [0.29, 0.717) is 9.65 Å². The third kappa shape index (κ3) is 18.5. The molecule has 0 fully saturated rings. The molecule has 0 aliphatic rings. The topological polar surface area (TPSA) is 0 Å². The predicted octanol–water partition coefficient (Wildman–Crippen LogP) is 10.5. The number of alkyl halides is 8. The average molecular weight is 823 g/mol. The van der Waals surface area contributed by atoms with Gasteiger partial charge in [0.25, 0.3) is 0 Å². The van der Waals surface area contributed by atoms with E-state index < -0.39 is 0 Å². The van der Waals surface area contributed by atoms with Crippen molar-refractivity contribution in [3.63, 3.8) is 0 Å². The maximum Gasteiger partial charge on any atom is 0.0515 e. The molecule has 0 aromatic heterocycles. The molecule has 0 aromatic carbocycles. The van der Waals surface area contributed by atoms with Gasteiger partial charge in [-0.25, -0.2) is 0 Å². The molecule has 28 heavy (non-hydrogen) atoms. The van der Waals surface area contributed by atoms with Gasteiger partial charge < -0.3 is 0 Å². The lowest BCUT2D eigenvalue weighted by Crippen LogP contribution is -2.24. The Balaban J connectivity index is 0. The summed E-state index contributed by atoms with van der Waals surface area (Å²) in [7, 11) is 0. The van der Waals surface area contributed by atoms with Gasteiger partial charge in [0, 0.05) is 31.0 Å². The van der Waals surface area contributed by atoms with Crippen LogP contribution in [-0.2, 0) is 0 Å². The summed E-state index contributed by atoms with van der Waals surface area (Å²) < 4.78 is 0. The van der Waals surface area contributed by atoms with Crippen molar-refractivity contribution in [3.05, 3.63) is 23.3 Å². The SMILES string of the molecule is CC(C)(Cl)C(Br)CC/C(=C/CBr)CBr.CC(C)(Cl)C(Br)CC/C(=C/CBr)CBr. The number of allylic oxidation sites excluding steroid dienone is 4. The van der Waals surface area contributed by atoms with E-state index in [4.69, 9.17) is 23.2 Å². The molecule has 0 saturated carbocycles. The Morgan fingerprint density at radius 3 is 1.18 bits per heavy atom. The Labute approximate surface area is 233 Å². The molecule has 0 aromatic rings. The first-order valence-corrected chi connectivity index (χ1v) is 16.2. The van der Waals surface area contributed by atoms with E-state index in [9.17, 15) is 0 Å². The van der Waals surface area contributed by atoms with E-state index in [0.717, 1.165) is 47.0 Å². The molecule has 168 valence electrons. The van der Waals surface area contributed by atoms with Crippen LogP contribution in [0.1, 0.15) is 53.4 Å². The predicted molar refractivity (Wildman–Crippen MR) is 155 cm³/mol. The smallest absolute Gasteiger partial charge is 0.0515 e. The van der Waals surface area contributed by atoms with Crippen LogP contribution in [0.4, 0.5) is 0 Å². The lowest BCUT2D eigenvalue weighted by molar-refractivity contribution is 0.616. The van der Waals surface area contributed by atoms with E-state index in [1.54, 1.807) is 0 Å². The molecular weight excluding hydrogens is 791 g/mol. The van der Waals surface area contributed by atoms with Gasteiger partial charge in [-0.3, -0.25) is 0 Å². The maximum absolute atomic E-state index is 6.20. The van der Waals surface area contributed by atoms with E-state index in [-0.39, 0.29) is 9.75 Å². The van der Waals surface area contributed by atoms with E-state index in [2.05, 4.69) is 108 Å². The van der Waals surface area contributed by atoms with Gasteiger partial charge in [-0.2, -0.15) is 0 Å². The summed E-state index contributed by atoms with van der Waals surface area (Å²) in [6, 6.07) is 0. The number of rotatable bonds is 12. The Bertz CT molecular complexity index is 411. The molecule has 0 radical (unpaired) electrons. The summed E-state index contributed by atoms with van der Waals surface area (Å²) in [6.07, 6.45) is 8.72. The molecule has 8 heteroatoms. The van der Waals surface area contributed by atoms with Crippen molar-refractivity contribution >= 4 is 119 Å². The van der Waals surface area contributed by atoms with Crippen LogP contribution in [0.2, 0.25) is 0 Å². The van der Waals surface area contributed by atoms with Crippen molar-refractivity contribution in [1.82, 2.24) is 0 Å². The van der Waals surface area contributed by atoms with Gasteiger partial charge in [0.15, 0.2) is 0 Å². The Hall–Kier alpha value is 2.94.